The van der Waals surface area contributed by atoms with Gasteiger partial charge in [0, 0.05) is 6.42 Å². The van der Waals surface area contributed by atoms with Crippen LogP contribution in [0, 0.1) is 0 Å². The third-order valence-corrected chi connectivity index (χ3v) is 8.10. The van der Waals surface area contributed by atoms with Crippen LogP contribution in [-0.2, 0) is 19.5 Å². The van der Waals surface area contributed by atoms with E-state index in [4.69, 9.17) is 0 Å². The molecule has 0 fully saturated rings. The van der Waals surface area contributed by atoms with Gasteiger partial charge in [0.2, 0.25) is 0 Å². The van der Waals surface area contributed by atoms with Gasteiger partial charge in [-0.25, -0.2) is 9.13 Å². The summed E-state index contributed by atoms with van der Waals surface area (Å²) in [6, 6.07) is 0. The lowest BCUT2D eigenvalue weighted by Crippen LogP contribution is -2.37. The fourth-order valence-electron chi connectivity index (χ4n) is 5.62. The Hall–Kier alpha value is -0.790. The zero-order valence-corrected chi connectivity index (χ0v) is 25.3. The van der Waals surface area contributed by atoms with Crippen molar-refractivity contribution in [3.05, 3.63) is 18.2 Å². The molecule has 0 N–H and O–H groups in total. The molecule has 1 heterocycles. The van der Waals surface area contributed by atoms with Gasteiger partial charge in [-0.2, -0.15) is 0 Å². The normalized spacial score (nSPS) is 11.5. The van der Waals surface area contributed by atoms with Crippen LogP contribution >= 0.6 is 0 Å². The Morgan fingerprint density at radius 3 is 1.33 bits per heavy atom. The number of imidazole rings is 1. The van der Waals surface area contributed by atoms with Gasteiger partial charge < -0.3 is 0 Å². The molecule has 0 aromatic carbocycles. The maximum absolute atomic E-state index is 2.62. The second-order valence-corrected chi connectivity index (χ2v) is 11.6. The largest absolute Gasteiger partial charge is 0.256 e. The Labute approximate surface area is 228 Å². The molecule has 1 aromatic rings. The third-order valence-electron chi connectivity index (χ3n) is 8.10. The van der Waals surface area contributed by atoms with Crippen LogP contribution < -0.4 is 4.57 Å². The highest BCUT2D eigenvalue weighted by Gasteiger charge is 2.16. The quantitative estimate of drug-likeness (QED) is 0.0794. The van der Waals surface area contributed by atoms with E-state index in [2.05, 4.69) is 42.3 Å². The molecule has 0 saturated heterocycles. The number of unbranched alkanes of at least 4 members (excludes halogenated alkanes) is 22. The molecule has 0 spiro atoms. The Bertz CT molecular complexity index is 562. The molecule has 2 heteroatoms. The van der Waals surface area contributed by atoms with Crippen LogP contribution in [0.2, 0.25) is 0 Å². The van der Waals surface area contributed by atoms with Gasteiger partial charge in [-0.1, -0.05) is 149 Å². The molecule has 0 unspecified atom stereocenters. The summed E-state index contributed by atoms with van der Waals surface area (Å²) in [5.74, 6) is 1.61. The molecule has 1 rings (SSSR count). The molecule has 0 bridgehead atoms. The van der Waals surface area contributed by atoms with Gasteiger partial charge in [0.15, 0.2) is 0 Å². The van der Waals surface area contributed by atoms with Crippen LogP contribution in [-0.4, -0.2) is 4.57 Å². The first-order chi connectivity index (χ1) is 17.8. The van der Waals surface area contributed by atoms with Crippen molar-refractivity contribution in [3.8, 4) is 0 Å². The molecule has 1 aromatic heterocycles. The average molecular weight is 504 g/mol. The summed E-state index contributed by atoms with van der Waals surface area (Å²) in [6.45, 7) is 9.39. The van der Waals surface area contributed by atoms with Crippen LogP contribution in [0.1, 0.15) is 187 Å². The first kappa shape index (κ1) is 33.2. The van der Waals surface area contributed by atoms with E-state index in [1.54, 1.807) is 5.82 Å². The summed E-state index contributed by atoms with van der Waals surface area (Å²) in [7, 11) is 0. The number of rotatable bonds is 28. The molecule has 0 aliphatic heterocycles. The molecular weight excluding hydrogens is 436 g/mol. The summed E-state index contributed by atoms with van der Waals surface area (Å²) >= 11 is 0. The van der Waals surface area contributed by atoms with E-state index in [1.165, 1.54) is 180 Å². The molecule has 0 saturated carbocycles. The van der Waals surface area contributed by atoms with Crippen molar-refractivity contribution in [1.29, 1.82) is 0 Å². The van der Waals surface area contributed by atoms with E-state index < -0.39 is 0 Å². The molecular formula is C34H67N2+. The van der Waals surface area contributed by atoms with Crippen LogP contribution in [0.15, 0.2) is 12.4 Å². The number of hydrogen-bond donors (Lipinski definition) is 0. The smallest absolute Gasteiger partial charge is 0.234 e. The van der Waals surface area contributed by atoms with Crippen molar-refractivity contribution < 1.29 is 4.57 Å². The highest BCUT2D eigenvalue weighted by Crippen LogP contribution is 2.14. The number of aromatic nitrogens is 2. The van der Waals surface area contributed by atoms with Gasteiger partial charge in [0.1, 0.15) is 12.4 Å². The predicted octanol–water partition coefficient (Wildman–Crippen LogP) is 11.1. The number of nitrogens with zero attached hydrogens (tertiary/aromatic N) is 2. The fraction of sp³-hybridized carbons (Fsp3) is 0.912. The summed E-state index contributed by atoms with van der Waals surface area (Å²) in [5.41, 5.74) is 0. The van der Waals surface area contributed by atoms with Crippen molar-refractivity contribution in [2.75, 3.05) is 0 Å². The number of hydrogen-bond acceptors (Lipinski definition) is 0. The second-order valence-electron chi connectivity index (χ2n) is 11.6. The predicted molar refractivity (Wildman–Crippen MR) is 161 cm³/mol. The number of aryl methyl sites for hydroxylation is 2. The lowest BCUT2D eigenvalue weighted by atomic mass is 10.1. The molecule has 0 aliphatic rings. The summed E-state index contributed by atoms with van der Waals surface area (Å²) in [6.07, 6.45) is 41.4. The first-order valence-electron chi connectivity index (χ1n) is 16.9. The van der Waals surface area contributed by atoms with Gasteiger partial charge in [0.25, 0.3) is 5.82 Å². The van der Waals surface area contributed by atoms with E-state index in [9.17, 15) is 0 Å². The van der Waals surface area contributed by atoms with E-state index in [0.29, 0.717) is 0 Å². The molecule has 2 nitrogen and oxygen atoms in total. The van der Waals surface area contributed by atoms with Crippen molar-refractivity contribution >= 4 is 0 Å². The van der Waals surface area contributed by atoms with E-state index in [1.807, 2.05) is 0 Å². The summed E-state index contributed by atoms with van der Waals surface area (Å²) in [5, 5.41) is 0. The zero-order valence-electron chi connectivity index (χ0n) is 25.3. The highest BCUT2D eigenvalue weighted by atomic mass is 15.1. The fourth-order valence-corrected chi connectivity index (χ4v) is 5.62. The van der Waals surface area contributed by atoms with E-state index in [-0.39, 0.29) is 0 Å². The average Bonchev–Trinajstić information content (AvgIpc) is 3.27. The summed E-state index contributed by atoms with van der Waals surface area (Å²) < 4.78 is 5.23. The Morgan fingerprint density at radius 2 is 0.861 bits per heavy atom. The van der Waals surface area contributed by atoms with Gasteiger partial charge >= 0.3 is 0 Å². The lowest BCUT2D eigenvalue weighted by molar-refractivity contribution is -0.704. The summed E-state index contributed by atoms with van der Waals surface area (Å²) in [4.78, 5) is 0. The maximum Gasteiger partial charge on any atom is 0.256 e. The topological polar surface area (TPSA) is 8.81 Å². The second kappa shape index (κ2) is 25.8. The van der Waals surface area contributed by atoms with Gasteiger partial charge in [-0.05, 0) is 32.1 Å². The zero-order chi connectivity index (χ0) is 25.9. The minimum Gasteiger partial charge on any atom is -0.234 e. The Morgan fingerprint density at radius 1 is 0.472 bits per heavy atom. The van der Waals surface area contributed by atoms with Crippen LogP contribution in [0.25, 0.3) is 0 Å². The highest BCUT2D eigenvalue weighted by molar-refractivity contribution is 4.84. The van der Waals surface area contributed by atoms with Gasteiger partial charge in [0.05, 0.1) is 13.1 Å². The molecule has 0 atom stereocenters. The maximum atomic E-state index is 2.62. The first-order valence-corrected chi connectivity index (χ1v) is 16.9. The van der Waals surface area contributed by atoms with Crippen molar-refractivity contribution in [3.63, 3.8) is 0 Å². The molecule has 212 valence electrons. The van der Waals surface area contributed by atoms with Crippen LogP contribution in [0.3, 0.4) is 0 Å². The van der Waals surface area contributed by atoms with Gasteiger partial charge in [-0.3, -0.25) is 0 Å². The van der Waals surface area contributed by atoms with Gasteiger partial charge in [-0.15, -0.1) is 0 Å². The Kier molecular flexibility index (Phi) is 23.9. The van der Waals surface area contributed by atoms with Crippen molar-refractivity contribution in [2.45, 2.75) is 201 Å². The molecule has 0 amide bonds. The van der Waals surface area contributed by atoms with Crippen molar-refractivity contribution in [2.24, 2.45) is 0 Å². The van der Waals surface area contributed by atoms with Crippen molar-refractivity contribution in [1.82, 2.24) is 4.57 Å². The molecule has 36 heavy (non-hydrogen) atoms. The van der Waals surface area contributed by atoms with E-state index in [0.717, 1.165) is 0 Å². The third kappa shape index (κ3) is 18.5. The Balaban J connectivity index is 2.35. The van der Waals surface area contributed by atoms with Crippen LogP contribution in [0.5, 0.6) is 0 Å². The van der Waals surface area contributed by atoms with Crippen LogP contribution in [0.4, 0.5) is 0 Å². The molecule has 0 radical (unpaired) electrons. The monoisotopic (exact) mass is 504 g/mol. The standard InChI is InChI=1S/C34H67N2/c1-4-7-10-13-16-18-19-22-25-28-31-36-33-32-35(30-27-24-21-15-12-9-6-3)34(36)29-26-23-20-17-14-11-8-5-2/h32-33H,4-31H2,1-3H3/q+1. The minimum absolute atomic E-state index is 1.23. The lowest BCUT2D eigenvalue weighted by Gasteiger charge is -2.07. The SMILES string of the molecule is CCCCCCCCCCCCn1cc[n+](CCCCCCCCC)c1CCCCCCCCCC. The van der Waals surface area contributed by atoms with E-state index >= 15 is 0 Å². The minimum atomic E-state index is 1.23. The molecule has 0 aliphatic carbocycles.